The van der Waals surface area contributed by atoms with Crippen molar-refractivity contribution in [1.82, 2.24) is 0 Å². The first kappa shape index (κ1) is 10.5. The number of hydrogen-bond acceptors (Lipinski definition) is 4. The Morgan fingerprint density at radius 3 is 2.93 bits per heavy atom. The van der Waals surface area contributed by atoms with Crippen molar-refractivity contribution in [3.05, 3.63) is 34.2 Å². The fourth-order valence-corrected chi connectivity index (χ4v) is 1.10. The van der Waals surface area contributed by atoms with Crippen LogP contribution in [0.15, 0.2) is 28.4 Å². The van der Waals surface area contributed by atoms with Gasteiger partial charge in [0, 0.05) is 18.3 Å². The van der Waals surface area contributed by atoms with Crippen LogP contribution in [0.3, 0.4) is 0 Å². The molecule has 0 aliphatic rings. The molecule has 0 radical (unpaired) electrons. The number of hydrogen-bond donors (Lipinski definition) is 1. The second-order valence-corrected chi connectivity index (χ2v) is 2.98. The van der Waals surface area contributed by atoms with Gasteiger partial charge < -0.3 is 5.73 Å². The van der Waals surface area contributed by atoms with Crippen molar-refractivity contribution in [1.29, 1.82) is 0 Å². The molecule has 0 heterocycles. The van der Waals surface area contributed by atoms with E-state index in [4.69, 9.17) is 5.73 Å². The van der Waals surface area contributed by atoms with E-state index in [-0.39, 0.29) is 0 Å². The molecule has 0 bridgehead atoms. The summed E-state index contributed by atoms with van der Waals surface area (Å²) >= 11 is 0. The highest BCUT2D eigenvalue weighted by molar-refractivity contribution is 5.86. The number of nitroso groups, excluding NO2 is 1. The molecule has 74 valence electrons. The maximum Gasteiger partial charge on any atom is 0.116 e. The van der Waals surface area contributed by atoms with Gasteiger partial charge in [-0.15, -0.1) is 4.91 Å². The highest BCUT2D eigenvalue weighted by atomic mass is 16.3. The molecule has 1 aromatic rings. The van der Waals surface area contributed by atoms with E-state index in [1.807, 2.05) is 19.1 Å². The lowest BCUT2D eigenvalue weighted by Crippen LogP contribution is -2.02. The van der Waals surface area contributed by atoms with Crippen LogP contribution in [0.4, 0.5) is 5.69 Å². The summed E-state index contributed by atoms with van der Waals surface area (Å²) < 4.78 is 0. The standard InChI is InChI=1S/C10H13N3O/c1-8-2-3-10(13-14)9(6-8)7-12-5-4-11/h2-3,6-7H,4-5,11H2,1H3/b12-7+. The fraction of sp³-hybridized carbons (Fsp3) is 0.300. The zero-order valence-electron chi connectivity index (χ0n) is 8.10. The number of rotatable bonds is 4. The molecule has 4 heteroatoms. The predicted molar refractivity (Wildman–Crippen MR) is 58.1 cm³/mol. The van der Waals surface area contributed by atoms with Crippen molar-refractivity contribution < 1.29 is 0 Å². The number of nitrogens with two attached hydrogens (primary N) is 1. The van der Waals surface area contributed by atoms with Gasteiger partial charge in [-0.25, -0.2) is 0 Å². The minimum atomic E-state index is 0.413. The van der Waals surface area contributed by atoms with Crippen LogP contribution in [0.1, 0.15) is 11.1 Å². The molecule has 0 aliphatic carbocycles. The first-order valence-corrected chi connectivity index (χ1v) is 4.42. The van der Waals surface area contributed by atoms with E-state index in [0.717, 1.165) is 11.1 Å². The van der Waals surface area contributed by atoms with Gasteiger partial charge in [0.1, 0.15) is 5.69 Å². The van der Waals surface area contributed by atoms with E-state index >= 15 is 0 Å². The smallest absolute Gasteiger partial charge is 0.116 e. The molecule has 0 atom stereocenters. The molecule has 0 fully saturated rings. The van der Waals surface area contributed by atoms with E-state index in [9.17, 15) is 4.91 Å². The molecular formula is C10H13N3O. The fourth-order valence-electron chi connectivity index (χ4n) is 1.10. The quantitative estimate of drug-likeness (QED) is 0.582. The zero-order valence-corrected chi connectivity index (χ0v) is 8.10. The molecule has 0 saturated heterocycles. The average Bonchev–Trinajstić information content (AvgIpc) is 2.19. The highest BCUT2D eigenvalue weighted by Gasteiger charge is 1.99. The Morgan fingerprint density at radius 1 is 1.50 bits per heavy atom. The van der Waals surface area contributed by atoms with E-state index < -0.39 is 0 Å². The van der Waals surface area contributed by atoms with Crippen LogP contribution < -0.4 is 5.73 Å². The first-order valence-electron chi connectivity index (χ1n) is 4.42. The van der Waals surface area contributed by atoms with Crippen molar-refractivity contribution in [2.45, 2.75) is 6.92 Å². The SMILES string of the molecule is Cc1ccc(N=O)c(/C=N/CCN)c1. The van der Waals surface area contributed by atoms with E-state index in [1.54, 1.807) is 12.3 Å². The van der Waals surface area contributed by atoms with E-state index in [0.29, 0.717) is 18.8 Å². The number of nitrogens with zero attached hydrogens (tertiary/aromatic N) is 2. The summed E-state index contributed by atoms with van der Waals surface area (Å²) in [6.45, 7) is 3.02. The summed E-state index contributed by atoms with van der Waals surface area (Å²) in [7, 11) is 0. The van der Waals surface area contributed by atoms with E-state index in [1.165, 1.54) is 0 Å². The van der Waals surface area contributed by atoms with Crippen LogP contribution >= 0.6 is 0 Å². The van der Waals surface area contributed by atoms with Gasteiger partial charge in [-0.3, -0.25) is 4.99 Å². The minimum Gasteiger partial charge on any atom is -0.329 e. The third-order valence-corrected chi connectivity index (χ3v) is 1.77. The monoisotopic (exact) mass is 191 g/mol. The Hall–Kier alpha value is -1.55. The second-order valence-electron chi connectivity index (χ2n) is 2.98. The van der Waals surface area contributed by atoms with Gasteiger partial charge in [-0.05, 0) is 24.2 Å². The normalized spacial score (nSPS) is 10.7. The maximum absolute atomic E-state index is 10.4. The summed E-state index contributed by atoms with van der Waals surface area (Å²) in [5.41, 5.74) is 7.53. The summed E-state index contributed by atoms with van der Waals surface area (Å²) in [5, 5.41) is 2.92. The first-order chi connectivity index (χ1) is 6.77. The van der Waals surface area contributed by atoms with Crippen molar-refractivity contribution in [3.63, 3.8) is 0 Å². The molecule has 4 nitrogen and oxygen atoms in total. The van der Waals surface area contributed by atoms with Crippen LogP contribution in [-0.2, 0) is 0 Å². The third-order valence-electron chi connectivity index (χ3n) is 1.77. The lowest BCUT2D eigenvalue weighted by molar-refractivity contribution is 0.980. The lowest BCUT2D eigenvalue weighted by Gasteiger charge is -1.98. The van der Waals surface area contributed by atoms with Gasteiger partial charge in [0.15, 0.2) is 0 Å². The summed E-state index contributed by atoms with van der Waals surface area (Å²) in [5.74, 6) is 0. The number of benzene rings is 1. The molecule has 1 aromatic carbocycles. The molecule has 14 heavy (non-hydrogen) atoms. The van der Waals surface area contributed by atoms with Crippen LogP contribution in [0.2, 0.25) is 0 Å². The van der Waals surface area contributed by atoms with Gasteiger partial charge in [0.2, 0.25) is 0 Å². The number of aliphatic imine (C=N–C) groups is 1. The average molecular weight is 191 g/mol. The zero-order chi connectivity index (χ0) is 10.4. The van der Waals surface area contributed by atoms with Gasteiger partial charge in [0.25, 0.3) is 0 Å². The summed E-state index contributed by atoms with van der Waals surface area (Å²) in [6, 6.07) is 5.40. The van der Waals surface area contributed by atoms with Crippen LogP contribution in [0.25, 0.3) is 0 Å². The molecule has 0 spiro atoms. The van der Waals surface area contributed by atoms with Crippen molar-refractivity contribution in [2.75, 3.05) is 13.1 Å². The molecule has 0 aromatic heterocycles. The Bertz CT molecular complexity index is 347. The van der Waals surface area contributed by atoms with Gasteiger partial charge in [0.05, 0.1) is 6.54 Å². The van der Waals surface area contributed by atoms with Gasteiger partial charge >= 0.3 is 0 Å². The maximum atomic E-state index is 10.4. The van der Waals surface area contributed by atoms with Crippen LogP contribution in [0.5, 0.6) is 0 Å². The van der Waals surface area contributed by atoms with Crippen LogP contribution in [-0.4, -0.2) is 19.3 Å². The van der Waals surface area contributed by atoms with Crippen molar-refractivity contribution >= 4 is 11.9 Å². The van der Waals surface area contributed by atoms with E-state index in [2.05, 4.69) is 10.2 Å². The predicted octanol–water partition coefficient (Wildman–Crippen LogP) is 1.77. The van der Waals surface area contributed by atoms with Crippen molar-refractivity contribution in [3.8, 4) is 0 Å². The van der Waals surface area contributed by atoms with Crippen molar-refractivity contribution in [2.24, 2.45) is 15.9 Å². The molecule has 0 saturated carbocycles. The molecule has 0 unspecified atom stereocenters. The Balaban J connectivity index is 2.92. The topological polar surface area (TPSA) is 67.8 Å². The Labute approximate surface area is 82.8 Å². The van der Waals surface area contributed by atoms with Gasteiger partial charge in [-0.1, -0.05) is 11.6 Å². The molecular weight excluding hydrogens is 178 g/mol. The third kappa shape index (κ3) is 2.74. The molecule has 2 N–H and O–H groups in total. The van der Waals surface area contributed by atoms with Gasteiger partial charge in [-0.2, -0.15) is 0 Å². The Morgan fingerprint density at radius 2 is 2.29 bits per heavy atom. The molecule has 0 aliphatic heterocycles. The molecule has 1 rings (SSSR count). The summed E-state index contributed by atoms with van der Waals surface area (Å²) in [6.07, 6.45) is 1.64. The number of aryl methyl sites for hydroxylation is 1. The lowest BCUT2D eigenvalue weighted by atomic mass is 10.1. The molecule has 0 amide bonds. The van der Waals surface area contributed by atoms with Crippen LogP contribution in [0, 0.1) is 11.8 Å². The summed E-state index contributed by atoms with van der Waals surface area (Å²) in [4.78, 5) is 14.5. The largest absolute Gasteiger partial charge is 0.329 e. The highest BCUT2D eigenvalue weighted by Crippen LogP contribution is 2.18. The second kappa shape index (κ2) is 5.24. The minimum absolute atomic E-state index is 0.413. The Kier molecular flexibility index (Phi) is 3.94.